The SMILES string of the molecule is NCC(=O)N[C@@H](CCSSCCS(=O)(=O)O)C(=O)O. The Labute approximate surface area is 119 Å². The highest BCUT2D eigenvalue weighted by atomic mass is 33.1. The molecule has 0 saturated carbocycles. The Hall–Kier alpha value is -0.490. The molecule has 0 fully saturated rings. The van der Waals surface area contributed by atoms with Gasteiger partial charge in [-0.25, -0.2) is 4.79 Å². The van der Waals surface area contributed by atoms with Gasteiger partial charge in [-0.2, -0.15) is 8.42 Å². The number of aliphatic carboxylic acids is 1. The van der Waals surface area contributed by atoms with Gasteiger partial charge in [0, 0.05) is 11.5 Å². The monoisotopic (exact) mass is 332 g/mol. The van der Waals surface area contributed by atoms with E-state index >= 15 is 0 Å². The number of carbonyl (C=O) groups excluding carboxylic acids is 1. The molecule has 1 atom stereocenters. The van der Waals surface area contributed by atoms with Crippen molar-refractivity contribution in [2.75, 3.05) is 23.8 Å². The molecule has 0 heterocycles. The second kappa shape index (κ2) is 9.42. The van der Waals surface area contributed by atoms with Gasteiger partial charge in [0.2, 0.25) is 5.91 Å². The number of hydrogen-bond acceptors (Lipinski definition) is 7. The lowest BCUT2D eigenvalue weighted by molar-refractivity contribution is -0.141. The summed E-state index contributed by atoms with van der Waals surface area (Å²) >= 11 is 0. The van der Waals surface area contributed by atoms with Crippen LogP contribution in [0.4, 0.5) is 0 Å². The third-order valence-electron chi connectivity index (χ3n) is 1.82. The minimum atomic E-state index is -3.96. The Morgan fingerprint density at radius 3 is 2.32 bits per heavy atom. The van der Waals surface area contributed by atoms with Crippen molar-refractivity contribution in [3.8, 4) is 0 Å². The third-order valence-corrected chi connectivity index (χ3v) is 5.23. The molecule has 19 heavy (non-hydrogen) atoms. The van der Waals surface area contributed by atoms with Crippen molar-refractivity contribution in [2.45, 2.75) is 12.5 Å². The fourth-order valence-corrected chi connectivity index (χ4v) is 4.22. The van der Waals surface area contributed by atoms with Gasteiger partial charge in [0.05, 0.1) is 12.3 Å². The average Bonchev–Trinajstić information content (AvgIpc) is 2.29. The Morgan fingerprint density at radius 1 is 1.26 bits per heavy atom. The summed E-state index contributed by atoms with van der Waals surface area (Å²) in [5.41, 5.74) is 5.06. The van der Waals surface area contributed by atoms with Crippen LogP contribution in [0.2, 0.25) is 0 Å². The number of carbonyl (C=O) groups is 2. The Kier molecular flexibility index (Phi) is 9.18. The van der Waals surface area contributed by atoms with Crippen LogP contribution in [0.5, 0.6) is 0 Å². The van der Waals surface area contributed by atoms with Crippen LogP contribution < -0.4 is 11.1 Å². The molecule has 8 nitrogen and oxygen atoms in total. The first kappa shape index (κ1) is 18.5. The van der Waals surface area contributed by atoms with Crippen molar-refractivity contribution >= 4 is 43.6 Å². The molecule has 0 saturated heterocycles. The highest BCUT2D eigenvalue weighted by molar-refractivity contribution is 8.76. The van der Waals surface area contributed by atoms with Gasteiger partial charge >= 0.3 is 5.97 Å². The lowest BCUT2D eigenvalue weighted by Crippen LogP contribution is -2.43. The maximum Gasteiger partial charge on any atom is 0.326 e. The molecular formula is C8H16N2O6S3. The van der Waals surface area contributed by atoms with Gasteiger partial charge in [-0.3, -0.25) is 9.35 Å². The molecule has 112 valence electrons. The maximum absolute atomic E-state index is 11.0. The van der Waals surface area contributed by atoms with Crippen molar-refractivity contribution in [3.05, 3.63) is 0 Å². The van der Waals surface area contributed by atoms with Crippen LogP contribution in [0, 0.1) is 0 Å². The lowest BCUT2D eigenvalue weighted by atomic mass is 10.2. The van der Waals surface area contributed by atoms with Crippen LogP contribution in [0.1, 0.15) is 6.42 Å². The summed E-state index contributed by atoms with van der Waals surface area (Å²) in [6.45, 7) is -0.278. The zero-order valence-corrected chi connectivity index (χ0v) is 12.4. The van der Waals surface area contributed by atoms with E-state index in [1.807, 2.05) is 0 Å². The first-order valence-electron chi connectivity index (χ1n) is 5.18. The van der Waals surface area contributed by atoms with Crippen LogP contribution >= 0.6 is 21.6 Å². The van der Waals surface area contributed by atoms with Crippen molar-refractivity contribution in [1.29, 1.82) is 0 Å². The van der Waals surface area contributed by atoms with E-state index in [1.165, 1.54) is 21.6 Å². The van der Waals surface area contributed by atoms with Crippen LogP contribution in [0.3, 0.4) is 0 Å². The van der Waals surface area contributed by atoms with Gasteiger partial charge in [0.1, 0.15) is 6.04 Å². The second-order valence-corrected chi connectivity index (χ2v) is 7.66. The molecule has 0 spiro atoms. The van der Waals surface area contributed by atoms with Gasteiger partial charge in [0.15, 0.2) is 0 Å². The topological polar surface area (TPSA) is 147 Å². The number of amides is 1. The zero-order chi connectivity index (χ0) is 14.9. The van der Waals surface area contributed by atoms with E-state index in [0.29, 0.717) is 5.75 Å². The molecule has 0 aromatic rings. The van der Waals surface area contributed by atoms with E-state index < -0.39 is 28.0 Å². The predicted molar refractivity (Wildman–Crippen MR) is 74.6 cm³/mol. The molecule has 0 bridgehead atoms. The number of rotatable bonds is 10. The van der Waals surface area contributed by atoms with E-state index in [0.717, 1.165) is 0 Å². The largest absolute Gasteiger partial charge is 0.480 e. The van der Waals surface area contributed by atoms with E-state index in [9.17, 15) is 18.0 Å². The van der Waals surface area contributed by atoms with E-state index in [4.69, 9.17) is 15.4 Å². The van der Waals surface area contributed by atoms with Crippen molar-refractivity contribution in [2.24, 2.45) is 5.73 Å². The van der Waals surface area contributed by atoms with E-state index in [2.05, 4.69) is 5.32 Å². The molecule has 0 aliphatic carbocycles. The standard InChI is InChI=1S/C8H16N2O6S3/c9-5-7(11)10-6(8(12)13)1-2-17-18-3-4-19(14,15)16/h6H,1-5,9H2,(H,10,11)(H,12,13)(H,14,15,16)/t6-/m0/s1. The van der Waals surface area contributed by atoms with Gasteiger partial charge in [-0.15, -0.1) is 0 Å². The zero-order valence-electron chi connectivity index (χ0n) is 9.94. The molecule has 0 rings (SSSR count). The van der Waals surface area contributed by atoms with Crippen LogP contribution in [-0.4, -0.2) is 59.8 Å². The highest BCUT2D eigenvalue weighted by Crippen LogP contribution is 2.22. The summed E-state index contributed by atoms with van der Waals surface area (Å²) in [5.74, 6) is -1.42. The first-order valence-corrected chi connectivity index (χ1v) is 9.28. The normalized spacial score (nSPS) is 12.9. The molecule has 0 aromatic carbocycles. The number of carboxylic acids is 1. The number of carboxylic acid groups (broad SMARTS) is 1. The minimum absolute atomic E-state index is 0.199. The minimum Gasteiger partial charge on any atom is -0.480 e. The third kappa shape index (κ3) is 11.1. The summed E-state index contributed by atoms with van der Waals surface area (Å²) in [6.07, 6.45) is 0.199. The first-order chi connectivity index (χ1) is 8.76. The molecule has 0 aliphatic heterocycles. The molecule has 0 aliphatic rings. The Bertz CT molecular complexity index is 399. The van der Waals surface area contributed by atoms with Crippen LogP contribution in [-0.2, 0) is 19.7 Å². The number of hydrogen-bond donors (Lipinski definition) is 4. The van der Waals surface area contributed by atoms with E-state index in [-0.39, 0.29) is 24.5 Å². The number of nitrogens with one attached hydrogen (secondary N) is 1. The van der Waals surface area contributed by atoms with Gasteiger partial charge in [-0.1, -0.05) is 21.6 Å². The van der Waals surface area contributed by atoms with Crippen LogP contribution in [0.15, 0.2) is 0 Å². The molecule has 0 aromatic heterocycles. The molecule has 5 N–H and O–H groups in total. The second-order valence-electron chi connectivity index (χ2n) is 3.38. The Morgan fingerprint density at radius 2 is 1.84 bits per heavy atom. The molecule has 0 radical (unpaired) electrons. The fraction of sp³-hybridized carbons (Fsp3) is 0.750. The van der Waals surface area contributed by atoms with E-state index in [1.54, 1.807) is 0 Å². The molecular weight excluding hydrogens is 316 g/mol. The molecule has 11 heteroatoms. The predicted octanol–water partition coefficient (Wildman–Crippen LogP) is -0.826. The average molecular weight is 332 g/mol. The Balaban J connectivity index is 3.82. The summed E-state index contributed by atoms with van der Waals surface area (Å²) < 4.78 is 29.3. The van der Waals surface area contributed by atoms with Gasteiger partial charge in [0.25, 0.3) is 10.1 Å². The summed E-state index contributed by atoms with van der Waals surface area (Å²) in [7, 11) is -1.48. The van der Waals surface area contributed by atoms with Crippen molar-refractivity contribution in [3.63, 3.8) is 0 Å². The summed E-state index contributed by atoms with van der Waals surface area (Å²) in [4.78, 5) is 21.8. The van der Waals surface area contributed by atoms with Crippen molar-refractivity contribution in [1.82, 2.24) is 5.32 Å². The summed E-state index contributed by atoms with van der Waals surface area (Å²) in [6, 6.07) is -1.01. The highest BCUT2D eigenvalue weighted by Gasteiger charge is 2.18. The smallest absolute Gasteiger partial charge is 0.326 e. The molecule has 1 amide bonds. The molecule has 0 unspecified atom stereocenters. The lowest BCUT2D eigenvalue weighted by Gasteiger charge is -2.13. The van der Waals surface area contributed by atoms with Gasteiger partial charge in [-0.05, 0) is 6.42 Å². The summed E-state index contributed by atoms with van der Waals surface area (Å²) in [5, 5.41) is 11.1. The fourth-order valence-electron chi connectivity index (χ4n) is 0.934. The van der Waals surface area contributed by atoms with Gasteiger partial charge < -0.3 is 16.2 Å². The quantitative estimate of drug-likeness (QED) is 0.229. The van der Waals surface area contributed by atoms with Crippen molar-refractivity contribution < 1.29 is 27.7 Å². The maximum atomic E-state index is 11.0. The van der Waals surface area contributed by atoms with Crippen LogP contribution in [0.25, 0.3) is 0 Å². The number of nitrogens with two attached hydrogens (primary N) is 1.